The zero-order valence-corrected chi connectivity index (χ0v) is 14.3. The molecule has 22 heavy (non-hydrogen) atoms. The van der Waals surface area contributed by atoms with Crippen molar-refractivity contribution in [3.63, 3.8) is 0 Å². The van der Waals surface area contributed by atoms with Crippen molar-refractivity contribution in [1.82, 2.24) is 9.88 Å². The minimum Gasteiger partial charge on any atom is -0.348 e. The number of likely N-dealkylation sites (tertiary alicyclic amines) is 1. The second-order valence-corrected chi connectivity index (χ2v) is 7.53. The van der Waals surface area contributed by atoms with E-state index in [0.717, 1.165) is 56.1 Å². The van der Waals surface area contributed by atoms with Crippen LogP contribution < -0.4 is 10.6 Å². The van der Waals surface area contributed by atoms with Crippen molar-refractivity contribution >= 4 is 22.4 Å². The smallest absolute Gasteiger partial charge is 0.226 e. The van der Waals surface area contributed by atoms with E-state index >= 15 is 0 Å². The molecule has 2 aliphatic rings. The van der Waals surface area contributed by atoms with Crippen LogP contribution in [0.3, 0.4) is 0 Å². The SMILES string of the molecule is Cc1csc(N2CCC(C(=O)N3CC[C@@H](N)C[C@@H]3C)CC2)n1. The van der Waals surface area contributed by atoms with Gasteiger partial charge < -0.3 is 15.5 Å². The van der Waals surface area contributed by atoms with Gasteiger partial charge in [-0.3, -0.25) is 4.79 Å². The van der Waals surface area contributed by atoms with E-state index in [0.29, 0.717) is 5.91 Å². The van der Waals surface area contributed by atoms with Crippen LogP contribution >= 0.6 is 11.3 Å². The Kier molecular flexibility index (Phi) is 4.68. The van der Waals surface area contributed by atoms with Crippen molar-refractivity contribution in [2.45, 2.75) is 51.6 Å². The van der Waals surface area contributed by atoms with E-state index in [4.69, 9.17) is 5.73 Å². The maximum Gasteiger partial charge on any atom is 0.226 e. The molecule has 3 rings (SSSR count). The molecule has 0 radical (unpaired) electrons. The first-order valence-corrected chi connectivity index (χ1v) is 9.15. The summed E-state index contributed by atoms with van der Waals surface area (Å²) in [6.45, 7) is 6.85. The van der Waals surface area contributed by atoms with Crippen LogP contribution in [0.1, 0.15) is 38.3 Å². The van der Waals surface area contributed by atoms with E-state index in [1.54, 1.807) is 11.3 Å². The van der Waals surface area contributed by atoms with E-state index < -0.39 is 0 Å². The van der Waals surface area contributed by atoms with Crippen molar-refractivity contribution in [2.75, 3.05) is 24.5 Å². The molecule has 1 amide bonds. The molecule has 5 nitrogen and oxygen atoms in total. The number of thiazole rings is 1. The van der Waals surface area contributed by atoms with Gasteiger partial charge in [0.15, 0.2) is 5.13 Å². The number of nitrogens with zero attached hydrogens (tertiary/aromatic N) is 3. The summed E-state index contributed by atoms with van der Waals surface area (Å²) in [4.78, 5) is 21.7. The van der Waals surface area contributed by atoms with Gasteiger partial charge in [-0.05, 0) is 39.5 Å². The Morgan fingerprint density at radius 1 is 1.32 bits per heavy atom. The first-order valence-electron chi connectivity index (χ1n) is 8.27. The lowest BCUT2D eigenvalue weighted by molar-refractivity contribution is -0.139. The van der Waals surface area contributed by atoms with Crippen molar-refractivity contribution in [3.05, 3.63) is 11.1 Å². The largest absolute Gasteiger partial charge is 0.348 e. The predicted octanol–water partition coefficient (Wildman–Crippen LogP) is 2.01. The number of piperidine rings is 2. The van der Waals surface area contributed by atoms with Gasteiger partial charge in [0.05, 0.1) is 5.69 Å². The third-order valence-electron chi connectivity index (χ3n) is 4.92. The van der Waals surface area contributed by atoms with Gasteiger partial charge in [-0.1, -0.05) is 0 Å². The third-order valence-corrected chi connectivity index (χ3v) is 5.94. The van der Waals surface area contributed by atoms with Gasteiger partial charge in [-0.15, -0.1) is 11.3 Å². The van der Waals surface area contributed by atoms with Crippen LogP contribution in [0, 0.1) is 12.8 Å². The molecule has 1 aromatic heterocycles. The Labute approximate surface area is 136 Å². The van der Waals surface area contributed by atoms with E-state index in [-0.39, 0.29) is 18.0 Å². The number of anilines is 1. The van der Waals surface area contributed by atoms with Crippen molar-refractivity contribution in [2.24, 2.45) is 11.7 Å². The van der Waals surface area contributed by atoms with Gasteiger partial charge in [0, 0.05) is 43.0 Å². The predicted molar refractivity (Wildman–Crippen MR) is 90.2 cm³/mol. The van der Waals surface area contributed by atoms with Gasteiger partial charge in [0.25, 0.3) is 0 Å². The molecule has 2 N–H and O–H groups in total. The summed E-state index contributed by atoms with van der Waals surface area (Å²) in [5.74, 6) is 0.517. The fourth-order valence-corrected chi connectivity index (χ4v) is 4.43. The molecule has 2 saturated heterocycles. The maximum absolute atomic E-state index is 12.8. The summed E-state index contributed by atoms with van der Waals surface area (Å²) in [6, 6.07) is 0.546. The molecule has 3 heterocycles. The minimum atomic E-state index is 0.175. The van der Waals surface area contributed by atoms with Crippen LogP contribution in [0.15, 0.2) is 5.38 Å². The number of nitrogens with two attached hydrogens (primary N) is 1. The first-order chi connectivity index (χ1) is 10.5. The van der Waals surface area contributed by atoms with Gasteiger partial charge in [-0.25, -0.2) is 4.98 Å². The highest BCUT2D eigenvalue weighted by atomic mass is 32.1. The highest BCUT2D eigenvalue weighted by Crippen LogP contribution is 2.28. The number of hydrogen-bond donors (Lipinski definition) is 1. The number of amides is 1. The monoisotopic (exact) mass is 322 g/mol. The van der Waals surface area contributed by atoms with Crippen LogP contribution in [0.5, 0.6) is 0 Å². The number of hydrogen-bond acceptors (Lipinski definition) is 5. The van der Waals surface area contributed by atoms with E-state index in [2.05, 4.69) is 27.1 Å². The standard InChI is InChI=1S/C16H26N4OS/c1-11-10-22-16(18-11)19-6-3-13(4-7-19)15(21)20-8-5-14(17)9-12(20)2/h10,12-14H,3-9,17H2,1-2H3/t12-,14+/m0/s1. The van der Waals surface area contributed by atoms with Crippen LogP contribution in [-0.2, 0) is 4.79 Å². The maximum atomic E-state index is 12.8. The number of carbonyl (C=O) groups is 1. The summed E-state index contributed by atoms with van der Waals surface area (Å²) in [7, 11) is 0. The molecule has 0 bridgehead atoms. The molecule has 0 aliphatic carbocycles. The number of aromatic nitrogens is 1. The molecule has 0 aromatic carbocycles. The summed E-state index contributed by atoms with van der Waals surface area (Å²) < 4.78 is 0. The minimum absolute atomic E-state index is 0.175. The number of rotatable bonds is 2. The van der Waals surface area contributed by atoms with Crippen molar-refractivity contribution < 1.29 is 4.79 Å². The Balaban J connectivity index is 1.55. The molecule has 0 spiro atoms. The molecule has 122 valence electrons. The Bertz CT molecular complexity index is 524. The highest BCUT2D eigenvalue weighted by molar-refractivity contribution is 7.13. The molecule has 1 aromatic rings. The van der Waals surface area contributed by atoms with Crippen LogP contribution in [-0.4, -0.2) is 47.5 Å². The Morgan fingerprint density at radius 3 is 2.64 bits per heavy atom. The van der Waals surface area contributed by atoms with Crippen LogP contribution in [0.25, 0.3) is 0 Å². The fraction of sp³-hybridized carbons (Fsp3) is 0.750. The van der Waals surface area contributed by atoms with Crippen molar-refractivity contribution in [3.8, 4) is 0 Å². The third kappa shape index (κ3) is 3.27. The topological polar surface area (TPSA) is 62.5 Å². The zero-order valence-electron chi connectivity index (χ0n) is 13.5. The molecule has 2 atom stereocenters. The molecular formula is C16H26N4OS. The van der Waals surface area contributed by atoms with Gasteiger partial charge in [-0.2, -0.15) is 0 Å². The van der Waals surface area contributed by atoms with E-state index in [9.17, 15) is 4.79 Å². The van der Waals surface area contributed by atoms with E-state index in [1.165, 1.54) is 0 Å². The Hall–Kier alpha value is -1.14. The number of aryl methyl sites for hydroxylation is 1. The zero-order chi connectivity index (χ0) is 15.7. The summed E-state index contributed by atoms with van der Waals surface area (Å²) in [5, 5.41) is 3.19. The summed E-state index contributed by atoms with van der Waals surface area (Å²) in [6.07, 6.45) is 3.75. The number of carbonyl (C=O) groups excluding carboxylic acids is 1. The quantitative estimate of drug-likeness (QED) is 0.905. The molecular weight excluding hydrogens is 296 g/mol. The normalized spacial score (nSPS) is 27.2. The average molecular weight is 322 g/mol. The molecule has 0 saturated carbocycles. The van der Waals surface area contributed by atoms with Crippen LogP contribution in [0.4, 0.5) is 5.13 Å². The fourth-order valence-electron chi connectivity index (χ4n) is 3.57. The second-order valence-electron chi connectivity index (χ2n) is 6.70. The van der Waals surface area contributed by atoms with E-state index in [1.807, 2.05) is 6.92 Å². The molecule has 6 heteroatoms. The summed E-state index contributed by atoms with van der Waals surface area (Å²) >= 11 is 1.70. The molecule has 0 unspecified atom stereocenters. The Morgan fingerprint density at radius 2 is 2.05 bits per heavy atom. The average Bonchev–Trinajstić information content (AvgIpc) is 2.93. The lowest BCUT2D eigenvalue weighted by atomic mass is 9.92. The first kappa shape index (κ1) is 15.7. The lowest BCUT2D eigenvalue weighted by Gasteiger charge is -2.40. The lowest BCUT2D eigenvalue weighted by Crippen LogP contribution is -2.51. The van der Waals surface area contributed by atoms with Gasteiger partial charge >= 0.3 is 0 Å². The van der Waals surface area contributed by atoms with Crippen LogP contribution in [0.2, 0.25) is 0 Å². The molecule has 2 aliphatic heterocycles. The van der Waals surface area contributed by atoms with Crippen molar-refractivity contribution in [1.29, 1.82) is 0 Å². The van der Waals surface area contributed by atoms with Gasteiger partial charge in [0.2, 0.25) is 5.91 Å². The highest BCUT2D eigenvalue weighted by Gasteiger charge is 2.33. The second kappa shape index (κ2) is 6.54. The van der Waals surface area contributed by atoms with Gasteiger partial charge in [0.1, 0.15) is 0 Å². The summed E-state index contributed by atoms with van der Waals surface area (Å²) in [5.41, 5.74) is 7.08. The molecule has 2 fully saturated rings.